The maximum atomic E-state index is 11.3. The lowest BCUT2D eigenvalue weighted by Crippen LogP contribution is -2.31. The Morgan fingerprint density at radius 3 is 2.45 bits per heavy atom. The molecule has 0 aromatic carbocycles. The number of esters is 1. The van der Waals surface area contributed by atoms with Crippen LogP contribution in [0.4, 0.5) is 0 Å². The minimum atomic E-state index is -0.414. The molecule has 0 amide bonds. The highest BCUT2D eigenvalue weighted by Gasteiger charge is 2.42. The topological polar surface area (TPSA) is 83.5 Å². The lowest BCUT2D eigenvalue weighted by molar-refractivity contribution is -0.193. The van der Waals surface area contributed by atoms with E-state index < -0.39 is 6.10 Å². The van der Waals surface area contributed by atoms with Crippen molar-refractivity contribution in [2.75, 3.05) is 20.3 Å². The molecule has 1 aliphatic carbocycles. The van der Waals surface area contributed by atoms with Gasteiger partial charge in [0.15, 0.2) is 12.6 Å². The van der Waals surface area contributed by atoms with Crippen LogP contribution in [0.5, 0.6) is 0 Å². The van der Waals surface area contributed by atoms with Crippen LogP contribution in [0.15, 0.2) is 24.3 Å². The fraction of sp³-hybridized carbons (Fsp3) is 0.839. The first-order valence-electron chi connectivity index (χ1n) is 15.2. The largest absolute Gasteiger partial charge is 0.469 e. The zero-order chi connectivity index (χ0) is 27.0. The Morgan fingerprint density at radius 1 is 1.03 bits per heavy atom. The van der Waals surface area contributed by atoms with Gasteiger partial charge in [-0.25, -0.2) is 0 Å². The minimum Gasteiger partial charge on any atom is -0.469 e. The van der Waals surface area contributed by atoms with E-state index in [1.54, 1.807) is 0 Å². The van der Waals surface area contributed by atoms with Crippen molar-refractivity contribution in [3.63, 3.8) is 0 Å². The summed E-state index contributed by atoms with van der Waals surface area (Å²) in [4.78, 5) is 11.3. The summed E-state index contributed by atoms with van der Waals surface area (Å²) in [6, 6.07) is 0. The lowest BCUT2D eigenvalue weighted by atomic mass is 9.88. The molecule has 3 aliphatic rings. The van der Waals surface area contributed by atoms with Crippen LogP contribution in [-0.2, 0) is 28.5 Å². The molecule has 0 spiro atoms. The molecule has 2 heterocycles. The number of allylic oxidation sites excluding steroid dienone is 2. The van der Waals surface area contributed by atoms with Gasteiger partial charge in [0.25, 0.3) is 0 Å². The first-order chi connectivity index (χ1) is 18.6. The molecule has 0 bridgehead atoms. The SMILES string of the molecule is CCCCC[C@@H](C=C[C@@H]1[C@@H](CCC=CCCC(=O)OC)[C@H](O)C[C@H]1OC1CCCCO1)OC1CCCCO1. The Kier molecular flexibility index (Phi) is 15.0. The van der Waals surface area contributed by atoms with E-state index in [-0.39, 0.29) is 42.6 Å². The summed E-state index contributed by atoms with van der Waals surface area (Å²) >= 11 is 0. The minimum absolute atomic E-state index is 0.00726. The molecule has 1 N–H and O–H groups in total. The summed E-state index contributed by atoms with van der Waals surface area (Å²) in [7, 11) is 1.42. The molecular weight excluding hydrogens is 484 g/mol. The van der Waals surface area contributed by atoms with Crippen LogP contribution in [0.2, 0.25) is 0 Å². The van der Waals surface area contributed by atoms with Crippen LogP contribution in [0.25, 0.3) is 0 Å². The molecule has 2 saturated heterocycles. The molecule has 38 heavy (non-hydrogen) atoms. The molecule has 0 aromatic heterocycles. The summed E-state index contributed by atoms with van der Waals surface area (Å²) < 4.78 is 29.3. The Balaban J connectivity index is 1.65. The molecule has 2 unspecified atom stereocenters. The highest BCUT2D eigenvalue weighted by molar-refractivity contribution is 5.69. The lowest BCUT2D eigenvalue weighted by Gasteiger charge is -2.30. The van der Waals surface area contributed by atoms with Crippen LogP contribution in [0.1, 0.15) is 103 Å². The van der Waals surface area contributed by atoms with E-state index in [0.29, 0.717) is 19.3 Å². The normalized spacial score (nSPS) is 31.2. The Morgan fingerprint density at radius 2 is 1.76 bits per heavy atom. The monoisotopic (exact) mass is 536 g/mol. The number of carbonyl (C=O) groups is 1. The fourth-order valence-corrected chi connectivity index (χ4v) is 5.81. The predicted octanol–water partition coefficient (Wildman–Crippen LogP) is 6.23. The molecule has 0 aromatic rings. The maximum Gasteiger partial charge on any atom is 0.305 e. The summed E-state index contributed by atoms with van der Waals surface area (Å²) in [6.07, 6.45) is 22.1. The Bertz CT molecular complexity index is 696. The zero-order valence-electron chi connectivity index (χ0n) is 23.8. The first kappa shape index (κ1) is 31.3. The number of hydrogen-bond acceptors (Lipinski definition) is 7. The van der Waals surface area contributed by atoms with Crippen LogP contribution in [0.3, 0.4) is 0 Å². The third-order valence-corrected chi connectivity index (χ3v) is 8.04. The van der Waals surface area contributed by atoms with Crippen LogP contribution >= 0.6 is 0 Å². The molecule has 0 radical (unpaired) electrons. The van der Waals surface area contributed by atoms with Gasteiger partial charge in [0.2, 0.25) is 0 Å². The van der Waals surface area contributed by atoms with Gasteiger partial charge in [0, 0.05) is 32.0 Å². The number of ether oxygens (including phenoxy) is 5. The fourth-order valence-electron chi connectivity index (χ4n) is 5.81. The van der Waals surface area contributed by atoms with Crippen molar-refractivity contribution in [1.82, 2.24) is 0 Å². The van der Waals surface area contributed by atoms with Crippen molar-refractivity contribution >= 4 is 5.97 Å². The van der Waals surface area contributed by atoms with E-state index in [0.717, 1.165) is 77.4 Å². The standard InChI is InChI=1S/C31H52O7/c1-3-4-7-14-24(37-30-17-10-12-21-35-30)19-20-26-25(15-8-5-6-9-16-29(33)34-2)27(32)23-28(26)38-31-18-11-13-22-36-31/h5-6,19-20,24-28,30-32H,3-4,7-18,21-23H2,1-2H3/t24-,25+,26+,27+,28+,30?,31?/m0/s1. The van der Waals surface area contributed by atoms with Crippen molar-refractivity contribution in [3.05, 3.63) is 24.3 Å². The number of rotatable bonds is 16. The van der Waals surface area contributed by atoms with Crippen molar-refractivity contribution in [2.45, 2.75) is 134 Å². The quantitative estimate of drug-likeness (QED) is 0.142. The van der Waals surface area contributed by atoms with E-state index in [9.17, 15) is 9.90 Å². The van der Waals surface area contributed by atoms with Crippen molar-refractivity contribution < 1.29 is 33.6 Å². The summed E-state index contributed by atoms with van der Waals surface area (Å²) in [5, 5.41) is 11.1. The van der Waals surface area contributed by atoms with Gasteiger partial charge in [0.1, 0.15) is 0 Å². The number of unbranched alkanes of at least 4 members (excludes halogenated alkanes) is 2. The van der Waals surface area contributed by atoms with Gasteiger partial charge < -0.3 is 28.8 Å². The second kappa shape index (κ2) is 18.2. The van der Waals surface area contributed by atoms with E-state index in [1.807, 2.05) is 6.08 Å². The van der Waals surface area contributed by atoms with Crippen LogP contribution in [0, 0.1) is 11.8 Å². The zero-order valence-corrected chi connectivity index (χ0v) is 23.8. The van der Waals surface area contributed by atoms with Crippen LogP contribution in [-0.4, -0.2) is 62.3 Å². The van der Waals surface area contributed by atoms with E-state index in [2.05, 4.69) is 25.2 Å². The van der Waals surface area contributed by atoms with Crippen LogP contribution < -0.4 is 0 Å². The van der Waals surface area contributed by atoms with E-state index in [1.165, 1.54) is 20.0 Å². The number of hydrogen-bond donors (Lipinski definition) is 1. The van der Waals surface area contributed by atoms with E-state index >= 15 is 0 Å². The highest BCUT2D eigenvalue weighted by Crippen LogP contribution is 2.40. The first-order valence-corrected chi connectivity index (χ1v) is 15.2. The van der Waals surface area contributed by atoms with Gasteiger partial charge in [-0.05, 0) is 70.1 Å². The predicted molar refractivity (Wildman–Crippen MR) is 147 cm³/mol. The molecule has 7 atom stereocenters. The van der Waals surface area contributed by atoms with Crippen molar-refractivity contribution in [2.24, 2.45) is 11.8 Å². The third kappa shape index (κ3) is 11.1. The highest BCUT2D eigenvalue weighted by atomic mass is 16.7. The number of aliphatic hydroxyl groups excluding tert-OH is 1. The number of aliphatic hydroxyl groups is 1. The average Bonchev–Trinajstić information content (AvgIpc) is 3.23. The molecule has 7 heteroatoms. The molecule has 218 valence electrons. The van der Waals surface area contributed by atoms with Gasteiger partial charge in [-0.2, -0.15) is 0 Å². The van der Waals surface area contributed by atoms with Gasteiger partial charge in [0.05, 0.1) is 25.4 Å². The average molecular weight is 537 g/mol. The molecule has 3 rings (SSSR count). The Hall–Kier alpha value is -1.25. The number of methoxy groups -OCH3 is 1. The number of carbonyl (C=O) groups excluding carboxylic acids is 1. The van der Waals surface area contributed by atoms with E-state index in [4.69, 9.17) is 23.7 Å². The molecule has 1 saturated carbocycles. The van der Waals surface area contributed by atoms with Gasteiger partial charge in [-0.3, -0.25) is 4.79 Å². The van der Waals surface area contributed by atoms with Gasteiger partial charge >= 0.3 is 5.97 Å². The second-order valence-electron chi connectivity index (χ2n) is 11.0. The summed E-state index contributed by atoms with van der Waals surface area (Å²) in [5.41, 5.74) is 0. The van der Waals surface area contributed by atoms with Gasteiger partial charge in [-0.1, -0.05) is 50.5 Å². The molecule has 3 fully saturated rings. The second-order valence-corrected chi connectivity index (χ2v) is 11.0. The van der Waals surface area contributed by atoms with Crippen molar-refractivity contribution in [1.29, 1.82) is 0 Å². The smallest absolute Gasteiger partial charge is 0.305 e. The Labute approximate surface area is 230 Å². The summed E-state index contributed by atoms with van der Waals surface area (Å²) in [6.45, 7) is 3.74. The molecular formula is C31H52O7. The molecule has 2 aliphatic heterocycles. The maximum absolute atomic E-state index is 11.3. The third-order valence-electron chi connectivity index (χ3n) is 8.04. The molecule has 7 nitrogen and oxygen atoms in total. The van der Waals surface area contributed by atoms with Crippen molar-refractivity contribution in [3.8, 4) is 0 Å². The van der Waals surface area contributed by atoms with Gasteiger partial charge in [-0.15, -0.1) is 0 Å². The summed E-state index contributed by atoms with van der Waals surface area (Å²) in [5.74, 6) is 0.0150.